The number of carbonyl (C=O) groups is 1. The van der Waals surface area contributed by atoms with Crippen LogP contribution in [0.1, 0.15) is 66.2 Å². The molecule has 0 heterocycles. The van der Waals surface area contributed by atoms with Gasteiger partial charge in [-0.05, 0) is 67.8 Å². The minimum absolute atomic E-state index is 0.0838. The summed E-state index contributed by atoms with van der Waals surface area (Å²) in [5.41, 5.74) is 2.94. The van der Waals surface area contributed by atoms with Crippen molar-refractivity contribution < 1.29 is 9.53 Å². The maximum Gasteiger partial charge on any atom is 0.316 e. The van der Waals surface area contributed by atoms with Gasteiger partial charge < -0.3 is 4.74 Å². The molecule has 3 aliphatic carbocycles. The molecule has 3 rings (SSSR count). The molecule has 2 nitrogen and oxygen atoms in total. The Hall–Kier alpha value is -1.31. The molecule has 1 saturated carbocycles. The first-order valence-electron chi connectivity index (χ1n) is 9.55. The Labute approximate surface area is 147 Å². The van der Waals surface area contributed by atoms with Crippen LogP contribution in [0.2, 0.25) is 0 Å². The number of fused-ring (bicyclic) bond motifs is 3. The van der Waals surface area contributed by atoms with E-state index in [1.807, 2.05) is 0 Å². The highest BCUT2D eigenvalue weighted by Gasteiger charge is 2.57. The highest BCUT2D eigenvalue weighted by molar-refractivity contribution is 5.77. The zero-order chi connectivity index (χ0) is 17.5. The van der Waals surface area contributed by atoms with Gasteiger partial charge in [0, 0.05) is 0 Å². The molecule has 0 N–H and O–H groups in total. The highest BCUT2D eigenvalue weighted by Crippen LogP contribution is 2.62. The molecule has 4 atom stereocenters. The summed E-state index contributed by atoms with van der Waals surface area (Å²) in [6.07, 6.45) is 12.9. The molecule has 0 aliphatic heterocycles. The van der Waals surface area contributed by atoms with Gasteiger partial charge in [-0.3, -0.25) is 4.79 Å². The lowest BCUT2D eigenvalue weighted by Gasteiger charge is -2.57. The lowest BCUT2D eigenvalue weighted by molar-refractivity contribution is -0.163. The van der Waals surface area contributed by atoms with Crippen molar-refractivity contribution in [1.82, 2.24) is 0 Å². The molecule has 132 valence electrons. The van der Waals surface area contributed by atoms with Crippen LogP contribution < -0.4 is 0 Å². The van der Waals surface area contributed by atoms with Crippen molar-refractivity contribution in [3.63, 3.8) is 0 Å². The largest absolute Gasteiger partial charge is 0.435 e. The number of hydrogen-bond donors (Lipinski definition) is 0. The van der Waals surface area contributed by atoms with Crippen molar-refractivity contribution >= 4 is 5.97 Å². The first-order chi connectivity index (χ1) is 11.3. The van der Waals surface area contributed by atoms with Gasteiger partial charge in [0.25, 0.3) is 0 Å². The van der Waals surface area contributed by atoms with E-state index in [1.54, 1.807) is 5.57 Å². The molecule has 0 saturated heterocycles. The Morgan fingerprint density at radius 2 is 2.12 bits per heavy atom. The third-order valence-electron chi connectivity index (χ3n) is 7.24. The van der Waals surface area contributed by atoms with Crippen molar-refractivity contribution in [2.45, 2.75) is 66.2 Å². The normalized spacial score (nSPS) is 38.5. The smallest absolute Gasteiger partial charge is 0.316 e. The maximum absolute atomic E-state index is 12.7. The maximum atomic E-state index is 12.7. The Bertz CT molecular complexity index is 597. The van der Waals surface area contributed by atoms with Crippen LogP contribution in [0.4, 0.5) is 0 Å². The van der Waals surface area contributed by atoms with Crippen LogP contribution in [0.5, 0.6) is 0 Å². The van der Waals surface area contributed by atoms with Gasteiger partial charge in [0.05, 0.1) is 11.7 Å². The molecule has 0 amide bonds. The van der Waals surface area contributed by atoms with Crippen molar-refractivity contribution in [3.05, 3.63) is 36.1 Å². The average Bonchev–Trinajstić information content (AvgIpc) is 2.54. The molecular weight excluding hydrogens is 296 g/mol. The summed E-state index contributed by atoms with van der Waals surface area (Å²) in [5, 5.41) is 0. The second-order valence-corrected chi connectivity index (χ2v) is 8.81. The van der Waals surface area contributed by atoms with E-state index in [4.69, 9.17) is 4.74 Å². The SMILES string of the molecule is C=COC(=O)[C@]1(C)CCC[C@@]2(C)C1CC=C1C=C(C(C)C)CC[C@@H]12. The number of allylic oxidation sites excluding steroid dienone is 4. The molecule has 0 radical (unpaired) electrons. The first-order valence-corrected chi connectivity index (χ1v) is 9.55. The molecule has 24 heavy (non-hydrogen) atoms. The fourth-order valence-electron chi connectivity index (χ4n) is 5.80. The summed E-state index contributed by atoms with van der Waals surface area (Å²) in [4.78, 5) is 12.7. The zero-order valence-corrected chi connectivity index (χ0v) is 15.7. The zero-order valence-electron chi connectivity index (χ0n) is 15.7. The molecule has 0 bridgehead atoms. The van der Waals surface area contributed by atoms with E-state index in [1.165, 1.54) is 31.1 Å². The van der Waals surface area contributed by atoms with Gasteiger partial charge in [-0.15, -0.1) is 0 Å². The topological polar surface area (TPSA) is 26.3 Å². The molecule has 0 spiro atoms. The van der Waals surface area contributed by atoms with Crippen molar-refractivity contribution in [2.24, 2.45) is 28.6 Å². The minimum atomic E-state index is -0.384. The van der Waals surface area contributed by atoms with Crippen LogP contribution >= 0.6 is 0 Å². The Morgan fingerprint density at radius 3 is 2.79 bits per heavy atom. The molecule has 2 heteroatoms. The van der Waals surface area contributed by atoms with Crippen molar-refractivity contribution in [1.29, 1.82) is 0 Å². The van der Waals surface area contributed by atoms with E-state index in [0.717, 1.165) is 19.3 Å². The van der Waals surface area contributed by atoms with E-state index in [2.05, 4.69) is 46.4 Å². The molecular formula is C22H32O2. The number of carbonyl (C=O) groups excluding carboxylic acids is 1. The number of rotatable bonds is 3. The van der Waals surface area contributed by atoms with Gasteiger partial charge in [0.2, 0.25) is 0 Å². The highest BCUT2D eigenvalue weighted by atomic mass is 16.5. The van der Waals surface area contributed by atoms with Gasteiger partial charge in [-0.2, -0.15) is 0 Å². The van der Waals surface area contributed by atoms with Crippen molar-refractivity contribution in [3.8, 4) is 0 Å². The summed E-state index contributed by atoms with van der Waals surface area (Å²) < 4.78 is 5.26. The van der Waals surface area contributed by atoms with Gasteiger partial charge >= 0.3 is 5.97 Å². The number of esters is 1. The van der Waals surface area contributed by atoms with E-state index >= 15 is 0 Å². The van der Waals surface area contributed by atoms with Crippen LogP contribution in [-0.2, 0) is 9.53 Å². The molecule has 3 aliphatic rings. The second-order valence-electron chi connectivity index (χ2n) is 8.81. The average molecular weight is 328 g/mol. The van der Waals surface area contributed by atoms with Crippen LogP contribution in [0.3, 0.4) is 0 Å². The third-order valence-corrected chi connectivity index (χ3v) is 7.24. The quantitative estimate of drug-likeness (QED) is 0.483. The summed E-state index contributed by atoms with van der Waals surface area (Å²) >= 11 is 0. The molecule has 0 aromatic rings. The summed E-state index contributed by atoms with van der Waals surface area (Å²) in [6, 6.07) is 0. The Kier molecular flexibility index (Phi) is 4.53. The summed E-state index contributed by atoms with van der Waals surface area (Å²) in [6.45, 7) is 12.7. The molecule has 0 aromatic heterocycles. The standard InChI is InChI=1S/C22H32O2/c1-6-24-20(23)22(5)13-7-12-21(4)18-10-8-16(15(2)3)14-17(18)9-11-19(21)22/h6,9,14-15,18-19H,1,7-8,10-13H2,2-5H3/t18-,19?,21+,22+/m0/s1. The predicted molar refractivity (Wildman–Crippen MR) is 98.2 cm³/mol. The minimum Gasteiger partial charge on any atom is -0.435 e. The van der Waals surface area contributed by atoms with Crippen LogP contribution in [0, 0.1) is 28.6 Å². The van der Waals surface area contributed by atoms with Gasteiger partial charge in [-0.25, -0.2) is 0 Å². The summed E-state index contributed by atoms with van der Waals surface area (Å²) in [5.74, 6) is 1.51. The lowest BCUT2D eigenvalue weighted by Crippen LogP contribution is -2.53. The van der Waals surface area contributed by atoms with E-state index in [-0.39, 0.29) is 16.8 Å². The Morgan fingerprint density at radius 1 is 1.38 bits per heavy atom. The van der Waals surface area contributed by atoms with E-state index in [0.29, 0.717) is 17.8 Å². The van der Waals surface area contributed by atoms with Gasteiger partial charge in [0.1, 0.15) is 0 Å². The first kappa shape index (κ1) is 17.5. The summed E-state index contributed by atoms with van der Waals surface area (Å²) in [7, 11) is 0. The molecule has 1 fully saturated rings. The van der Waals surface area contributed by atoms with E-state index < -0.39 is 0 Å². The van der Waals surface area contributed by atoms with Crippen molar-refractivity contribution in [2.75, 3.05) is 0 Å². The number of ether oxygens (including phenoxy) is 1. The van der Waals surface area contributed by atoms with Crippen LogP contribution in [0.15, 0.2) is 36.1 Å². The van der Waals surface area contributed by atoms with Gasteiger partial charge in [0.15, 0.2) is 0 Å². The van der Waals surface area contributed by atoms with Crippen LogP contribution in [-0.4, -0.2) is 5.97 Å². The number of hydrogen-bond acceptors (Lipinski definition) is 2. The van der Waals surface area contributed by atoms with Gasteiger partial charge in [-0.1, -0.05) is 51.5 Å². The monoisotopic (exact) mass is 328 g/mol. The van der Waals surface area contributed by atoms with Crippen LogP contribution in [0.25, 0.3) is 0 Å². The third kappa shape index (κ3) is 2.59. The lowest BCUT2D eigenvalue weighted by atomic mass is 9.47. The fourth-order valence-corrected chi connectivity index (χ4v) is 5.80. The second kappa shape index (κ2) is 6.20. The van der Waals surface area contributed by atoms with E-state index in [9.17, 15) is 4.79 Å². The molecule has 0 aromatic carbocycles. The molecule has 1 unspecified atom stereocenters. The fraction of sp³-hybridized carbons (Fsp3) is 0.682. The predicted octanol–water partition coefficient (Wildman–Crippen LogP) is 5.81. The Balaban J connectivity index is 1.97.